The molecule has 0 aromatic carbocycles. The molecule has 6 heteroatoms. The summed E-state index contributed by atoms with van der Waals surface area (Å²) < 4.78 is 0. The van der Waals surface area contributed by atoms with Gasteiger partial charge in [-0.3, -0.25) is 20.0 Å². The first kappa shape index (κ1) is 14.7. The lowest BCUT2D eigenvalue weighted by atomic mass is 9.94. The Hall–Kier alpha value is -0.240. The predicted molar refractivity (Wildman–Crippen MR) is 78.8 cm³/mol. The van der Waals surface area contributed by atoms with E-state index in [-0.39, 0.29) is 12.4 Å². The topological polar surface area (TPSA) is 51.8 Å². The van der Waals surface area contributed by atoms with Crippen LogP contribution in [0.2, 0.25) is 0 Å². The number of likely N-dealkylation sites (tertiary alicyclic amines) is 1. The zero-order valence-electron chi connectivity index (χ0n) is 12.9. The quantitative estimate of drug-likeness (QED) is 0.664. The second-order valence-electron chi connectivity index (χ2n) is 6.72. The van der Waals surface area contributed by atoms with Crippen LogP contribution in [0, 0.1) is 5.92 Å². The summed E-state index contributed by atoms with van der Waals surface area (Å²) in [7, 11) is 6.47. The van der Waals surface area contributed by atoms with Crippen LogP contribution in [0.3, 0.4) is 0 Å². The normalized spacial score (nSPS) is 43.5. The fourth-order valence-electron chi connectivity index (χ4n) is 3.72. The van der Waals surface area contributed by atoms with Gasteiger partial charge in [0, 0.05) is 12.5 Å². The van der Waals surface area contributed by atoms with Gasteiger partial charge in [-0.25, -0.2) is 0 Å². The highest BCUT2D eigenvalue weighted by atomic mass is 16.7. The molecule has 0 bridgehead atoms. The Kier molecular flexibility index (Phi) is 4.59. The second-order valence-corrected chi connectivity index (χ2v) is 6.72. The number of nitrogens with one attached hydrogen (secondary N) is 3. The number of rotatable bonds is 3. The summed E-state index contributed by atoms with van der Waals surface area (Å²) in [6.07, 6.45) is 5.88. The molecular formula is C14H29N5O. The number of hydrogen-bond donors (Lipinski definition) is 3. The summed E-state index contributed by atoms with van der Waals surface area (Å²) >= 11 is 0. The average Bonchev–Trinajstić information content (AvgIpc) is 3.07. The van der Waals surface area contributed by atoms with Gasteiger partial charge in [-0.05, 0) is 53.4 Å². The van der Waals surface area contributed by atoms with Gasteiger partial charge in [-0.1, -0.05) is 0 Å². The largest absolute Gasteiger partial charge is 0.301 e. The lowest BCUT2D eigenvalue weighted by Crippen LogP contribution is -2.54. The van der Waals surface area contributed by atoms with E-state index in [1.807, 2.05) is 0 Å². The van der Waals surface area contributed by atoms with E-state index < -0.39 is 0 Å². The second kappa shape index (κ2) is 6.25. The van der Waals surface area contributed by atoms with Crippen molar-refractivity contribution in [2.24, 2.45) is 5.92 Å². The van der Waals surface area contributed by atoms with Gasteiger partial charge >= 0.3 is 0 Å². The highest BCUT2D eigenvalue weighted by Crippen LogP contribution is 2.24. The lowest BCUT2D eigenvalue weighted by molar-refractivity contribution is -0.0194. The van der Waals surface area contributed by atoms with Gasteiger partial charge in [0.2, 0.25) is 0 Å². The van der Waals surface area contributed by atoms with E-state index in [0.29, 0.717) is 18.1 Å². The Bertz CT molecular complexity index is 319. The average molecular weight is 283 g/mol. The van der Waals surface area contributed by atoms with Crippen molar-refractivity contribution in [2.75, 3.05) is 34.2 Å². The zero-order valence-corrected chi connectivity index (χ0v) is 12.9. The van der Waals surface area contributed by atoms with Gasteiger partial charge in [0.05, 0.1) is 18.4 Å². The number of piperidine rings is 1. The van der Waals surface area contributed by atoms with Crippen molar-refractivity contribution in [3.63, 3.8) is 0 Å². The first-order chi connectivity index (χ1) is 9.65. The first-order valence-electron chi connectivity index (χ1n) is 7.92. The molecule has 0 aromatic heterocycles. The summed E-state index contributed by atoms with van der Waals surface area (Å²) in [6.45, 7) is 2.23. The van der Waals surface area contributed by atoms with Gasteiger partial charge in [-0.15, -0.1) is 0 Å². The minimum absolute atomic E-state index is 0.138. The molecule has 3 heterocycles. The third-order valence-corrected chi connectivity index (χ3v) is 5.11. The van der Waals surface area contributed by atoms with Gasteiger partial charge in [0.15, 0.2) is 0 Å². The van der Waals surface area contributed by atoms with E-state index in [2.05, 4.69) is 47.1 Å². The molecule has 6 nitrogen and oxygen atoms in total. The molecule has 4 unspecified atom stereocenters. The minimum atomic E-state index is 0.138. The molecule has 5 atom stereocenters. The van der Waals surface area contributed by atoms with E-state index >= 15 is 0 Å². The van der Waals surface area contributed by atoms with E-state index in [1.54, 1.807) is 0 Å². The van der Waals surface area contributed by atoms with Crippen LogP contribution < -0.4 is 16.1 Å². The highest BCUT2D eigenvalue weighted by molar-refractivity contribution is 4.90. The summed E-state index contributed by atoms with van der Waals surface area (Å²) in [5.41, 5.74) is 3.23. The molecule has 3 rings (SSSR count). The Morgan fingerprint density at radius 2 is 2.05 bits per heavy atom. The molecule has 0 saturated carbocycles. The van der Waals surface area contributed by atoms with Crippen molar-refractivity contribution >= 4 is 0 Å². The van der Waals surface area contributed by atoms with Crippen molar-refractivity contribution in [1.82, 2.24) is 25.9 Å². The van der Waals surface area contributed by atoms with E-state index in [4.69, 9.17) is 4.84 Å². The summed E-state index contributed by atoms with van der Waals surface area (Å²) in [4.78, 5) is 10.5. The lowest BCUT2D eigenvalue weighted by Gasteiger charge is -2.36. The molecule has 0 amide bonds. The van der Waals surface area contributed by atoms with Gasteiger partial charge in [0.25, 0.3) is 0 Å². The third-order valence-electron chi connectivity index (χ3n) is 5.11. The Morgan fingerprint density at radius 3 is 2.65 bits per heavy atom. The monoisotopic (exact) mass is 283 g/mol. The summed E-state index contributed by atoms with van der Waals surface area (Å²) in [5.74, 6) is 0.600. The molecule has 116 valence electrons. The molecule has 0 aliphatic carbocycles. The highest BCUT2D eigenvalue weighted by Gasteiger charge is 2.39. The van der Waals surface area contributed by atoms with Crippen LogP contribution >= 0.6 is 0 Å². The van der Waals surface area contributed by atoms with Crippen molar-refractivity contribution in [3.8, 4) is 0 Å². The maximum atomic E-state index is 5.81. The van der Waals surface area contributed by atoms with Crippen molar-refractivity contribution in [1.29, 1.82) is 0 Å². The molecule has 3 aliphatic heterocycles. The van der Waals surface area contributed by atoms with E-state index in [9.17, 15) is 0 Å². The molecule has 3 fully saturated rings. The van der Waals surface area contributed by atoms with Crippen molar-refractivity contribution < 1.29 is 4.84 Å². The van der Waals surface area contributed by atoms with Gasteiger partial charge in [0.1, 0.15) is 6.23 Å². The van der Waals surface area contributed by atoms with Gasteiger partial charge < -0.3 is 5.32 Å². The van der Waals surface area contributed by atoms with Crippen LogP contribution in [-0.2, 0) is 4.84 Å². The molecule has 20 heavy (non-hydrogen) atoms. The predicted octanol–water partition coefficient (Wildman–Crippen LogP) is -0.255. The molecule has 3 aliphatic rings. The van der Waals surface area contributed by atoms with Gasteiger partial charge in [-0.2, -0.15) is 5.48 Å². The number of nitrogens with zero attached hydrogens (tertiary/aromatic N) is 2. The van der Waals surface area contributed by atoms with Crippen LogP contribution in [0.15, 0.2) is 0 Å². The van der Waals surface area contributed by atoms with Crippen LogP contribution in [0.1, 0.15) is 25.7 Å². The van der Waals surface area contributed by atoms with E-state index in [1.165, 1.54) is 32.2 Å². The molecule has 0 aromatic rings. The Balaban J connectivity index is 1.48. The van der Waals surface area contributed by atoms with E-state index in [0.717, 1.165) is 6.54 Å². The number of hydroxylamine groups is 1. The van der Waals surface area contributed by atoms with Crippen LogP contribution in [0.25, 0.3) is 0 Å². The molecular weight excluding hydrogens is 254 g/mol. The fraction of sp³-hybridized carbons (Fsp3) is 1.00. The van der Waals surface area contributed by atoms with Crippen LogP contribution in [0.4, 0.5) is 0 Å². The molecule has 0 radical (unpaired) electrons. The summed E-state index contributed by atoms with van der Waals surface area (Å²) in [5, 5.41) is 7.27. The maximum absolute atomic E-state index is 5.81. The Labute approximate surface area is 122 Å². The van der Waals surface area contributed by atoms with Crippen molar-refractivity contribution in [2.45, 2.75) is 50.3 Å². The molecule has 3 N–H and O–H groups in total. The Morgan fingerprint density at radius 1 is 1.20 bits per heavy atom. The first-order valence-corrected chi connectivity index (χ1v) is 7.92. The standard InChI is InChI=1S/C14H29N5O/c1-18(2)12-7-6-10(9-15-12)13-16-14(20-17-13)11-5-4-8-19(11)3/h10-17H,4-9H2,1-3H3/t10?,11-,12?,13?,14?/m0/s1. The molecule has 0 spiro atoms. The number of hydrogen-bond acceptors (Lipinski definition) is 6. The minimum Gasteiger partial charge on any atom is -0.301 e. The van der Waals surface area contributed by atoms with Crippen molar-refractivity contribution in [3.05, 3.63) is 0 Å². The van der Waals surface area contributed by atoms with Crippen LogP contribution in [-0.4, -0.2) is 68.6 Å². The maximum Gasteiger partial charge on any atom is 0.146 e. The van der Waals surface area contributed by atoms with Crippen LogP contribution in [0.5, 0.6) is 0 Å². The third kappa shape index (κ3) is 3.00. The number of likely N-dealkylation sites (N-methyl/N-ethyl adjacent to an activating group) is 1. The zero-order chi connectivity index (χ0) is 14.1. The fourth-order valence-corrected chi connectivity index (χ4v) is 3.72. The summed E-state index contributed by atoms with van der Waals surface area (Å²) in [6, 6.07) is 0.513. The SMILES string of the molecule is CN(C)C1CCC(C2NOC([C@@H]3CCCN3C)N2)CN1. The molecule has 3 saturated heterocycles. The smallest absolute Gasteiger partial charge is 0.146 e.